The predicted octanol–water partition coefficient (Wildman–Crippen LogP) is 2.08. The first-order valence-electron chi connectivity index (χ1n) is 7.35. The minimum Gasteiger partial charge on any atom is -0.387 e. The summed E-state index contributed by atoms with van der Waals surface area (Å²) < 4.78 is 12.9. The summed E-state index contributed by atoms with van der Waals surface area (Å²) in [6.07, 6.45) is 0.213. The summed E-state index contributed by atoms with van der Waals surface area (Å²) in [5.74, 6) is -0.0356. The summed E-state index contributed by atoms with van der Waals surface area (Å²) in [6, 6.07) is 5.69. The highest BCUT2D eigenvalue weighted by molar-refractivity contribution is 5.76. The fourth-order valence-corrected chi connectivity index (χ4v) is 2.13. The average Bonchev–Trinajstić information content (AvgIpc) is 2.44. The Kier molecular flexibility index (Phi) is 7.32. The van der Waals surface area contributed by atoms with Crippen LogP contribution in [0.15, 0.2) is 24.3 Å². The molecule has 0 radical (unpaired) electrons. The lowest BCUT2D eigenvalue weighted by molar-refractivity contribution is -0.133. The number of carbonyl (C=O) groups excluding carboxylic acids is 1. The number of nitrogens with two attached hydrogens (primary N) is 1. The third-order valence-electron chi connectivity index (χ3n) is 3.18. The molecule has 4 nitrogen and oxygen atoms in total. The lowest BCUT2D eigenvalue weighted by Gasteiger charge is -2.27. The van der Waals surface area contributed by atoms with Crippen LogP contribution in [0.1, 0.15) is 38.4 Å². The van der Waals surface area contributed by atoms with Crippen molar-refractivity contribution in [3.63, 3.8) is 0 Å². The monoisotopic (exact) mass is 296 g/mol. The predicted molar refractivity (Wildman–Crippen MR) is 81.1 cm³/mol. The minimum absolute atomic E-state index is 0.00434. The van der Waals surface area contributed by atoms with Crippen molar-refractivity contribution in [1.29, 1.82) is 0 Å². The smallest absolute Gasteiger partial charge is 0.222 e. The van der Waals surface area contributed by atoms with Gasteiger partial charge in [-0.05, 0) is 36.6 Å². The van der Waals surface area contributed by atoms with Gasteiger partial charge in [0.2, 0.25) is 5.91 Å². The number of rotatable bonds is 8. The van der Waals surface area contributed by atoms with Gasteiger partial charge in [0, 0.05) is 13.0 Å². The van der Waals surface area contributed by atoms with Crippen LogP contribution in [0.3, 0.4) is 0 Å². The van der Waals surface area contributed by atoms with Gasteiger partial charge in [0.25, 0.3) is 0 Å². The summed E-state index contributed by atoms with van der Waals surface area (Å²) in [5.41, 5.74) is 6.04. The quantitative estimate of drug-likeness (QED) is 0.772. The maximum absolute atomic E-state index is 12.9. The average molecular weight is 296 g/mol. The molecule has 0 aliphatic carbocycles. The first-order valence-corrected chi connectivity index (χ1v) is 7.35. The van der Waals surface area contributed by atoms with Crippen LogP contribution >= 0.6 is 0 Å². The van der Waals surface area contributed by atoms with E-state index < -0.39 is 6.10 Å². The third-order valence-corrected chi connectivity index (χ3v) is 3.18. The Balaban J connectivity index is 2.70. The molecule has 1 aromatic carbocycles. The Morgan fingerprint density at radius 3 is 2.43 bits per heavy atom. The van der Waals surface area contributed by atoms with E-state index in [4.69, 9.17) is 5.73 Å². The van der Waals surface area contributed by atoms with Crippen molar-refractivity contribution in [2.75, 3.05) is 19.6 Å². The number of hydrogen-bond acceptors (Lipinski definition) is 3. The van der Waals surface area contributed by atoms with E-state index in [1.807, 2.05) is 13.8 Å². The summed E-state index contributed by atoms with van der Waals surface area (Å²) in [4.78, 5) is 13.8. The van der Waals surface area contributed by atoms with Gasteiger partial charge in [-0.2, -0.15) is 0 Å². The molecule has 5 heteroatoms. The number of aliphatic hydroxyl groups is 1. The van der Waals surface area contributed by atoms with Gasteiger partial charge in [0.05, 0.1) is 12.6 Å². The van der Waals surface area contributed by atoms with Crippen LogP contribution < -0.4 is 5.73 Å². The van der Waals surface area contributed by atoms with Gasteiger partial charge in [-0.1, -0.05) is 26.0 Å². The number of halogens is 1. The van der Waals surface area contributed by atoms with E-state index in [2.05, 4.69) is 0 Å². The molecule has 1 rings (SSSR count). The third kappa shape index (κ3) is 6.23. The molecule has 0 heterocycles. The molecule has 21 heavy (non-hydrogen) atoms. The van der Waals surface area contributed by atoms with Crippen molar-refractivity contribution in [1.82, 2.24) is 4.90 Å². The largest absolute Gasteiger partial charge is 0.387 e. The molecule has 0 saturated carbocycles. The van der Waals surface area contributed by atoms with Gasteiger partial charge >= 0.3 is 0 Å². The molecule has 1 amide bonds. The van der Waals surface area contributed by atoms with Crippen molar-refractivity contribution in [2.24, 2.45) is 11.7 Å². The van der Waals surface area contributed by atoms with E-state index in [0.717, 1.165) is 0 Å². The van der Waals surface area contributed by atoms with E-state index in [0.29, 0.717) is 37.4 Å². The molecule has 0 aliphatic heterocycles. The van der Waals surface area contributed by atoms with Gasteiger partial charge in [0.15, 0.2) is 0 Å². The normalized spacial score (nSPS) is 12.5. The molecule has 0 aromatic heterocycles. The first kappa shape index (κ1) is 17.6. The summed E-state index contributed by atoms with van der Waals surface area (Å²) in [5, 5.41) is 10.2. The second-order valence-electron chi connectivity index (χ2n) is 5.65. The van der Waals surface area contributed by atoms with Crippen molar-refractivity contribution >= 4 is 5.91 Å². The van der Waals surface area contributed by atoms with Crippen LogP contribution in [-0.2, 0) is 4.79 Å². The van der Waals surface area contributed by atoms with Gasteiger partial charge in [-0.15, -0.1) is 0 Å². The maximum atomic E-state index is 12.9. The highest BCUT2D eigenvalue weighted by atomic mass is 19.1. The number of benzene rings is 1. The van der Waals surface area contributed by atoms with Gasteiger partial charge in [-0.25, -0.2) is 4.39 Å². The molecule has 1 aromatic rings. The molecule has 0 bridgehead atoms. The standard InChI is InChI=1S/C16H25FN2O2/c1-12(2)10-19(16(21)4-3-9-18)11-15(20)13-5-7-14(17)8-6-13/h5-8,12,15,20H,3-4,9-11,18H2,1-2H3. The molecule has 0 fully saturated rings. The van der Waals surface area contributed by atoms with Crippen LogP contribution in [-0.4, -0.2) is 35.5 Å². The SMILES string of the molecule is CC(C)CN(CC(O)c1ccc(F)cc1)C(=O)CCCN. The Morgan fingerprint density at radius 1 is 1.29 bits per heavy atom. The summed E-state index contributed by atoms with van der Waals surface area (Å²) >= 11 is 0. The molecular weight excluding hydrogens is 271 g/mol. The lowest BCUT2D eigenvalue weighted by Crippen LogP contribution is -2.37. The Bertz CT molecular complexity index is 434. The van der Waals surface area contributed by atoms with E-state index >= 15 is 0 Å². The topological polar surface area (TPSA) is 66.6 Å². The highest BCUT2D eigenvalue weighted by Gasteiger charge is 2.19. The zero-order valence-electron chi connectivity index (χ0n) is 12.8. The molecule has 3 N–H and O–H groups in total. The lowest BCUT2D eigenvalue weighted by atomic mass is 10.1. The highest BCUT2D eigenvalue weighted by Crippen LogP contribution is 2.16. The number of carbonyl (C=O) groups is 1. The van der Waals surface area contributed by atoms with Crippen molar-refractivity contribution in [2.45, 2.75) is 32.8 Å². The number of nitrogens with zero attached hydrogens (tertiary/aromatic N) is 1. The maximum Gasteiger partial charge on any atom is 0.222 e. The zero-order chi connectivity index (χ0) is 15.8. The molecule has 0 aliphatic rings. The van der Waals surface area contributed by atoms with E-state index in [9.17, 15) is 14.3 Å². The minimum atomic E-state index is -0.814. The van der Waals surface area contributed by atoms with Crippen LogP contribution in [0.4, 0.5) is 4.39 Å². The molecule has 0 saturated heterocycles. The molecule has 0 spiro atoms. The van der Waals surface area contributed by atoms with Crippen molar-refractivity contribution < 1.29 is 14.3 Å². The van der Waals surface area contributed by atoms with E-state index in [-0.39, 0.29) is 18.3 Å². The van der Waals surface area contributed by atoms with Gasteiger partial charge < -0.3 is 15.7 Å². The molecule has 1 unspecified atom stereocenters. The zero-order valence-corrected chi connectivity index (χ0v) is 12.8. The Hall–Kier alpha value is -1.46. The molecule has 118 valence electrons. The van der Waals surface area contributed by atoms with Crippen LogP contribution in [0, 0.1) is 11.7 Å². The van der Waals surface area contributed by atoms with Crippen LogP contribution in [0.5, 0.6) is 0 Å². The van der Waals surface area contributed by atoms with E-state index in [1.54, 1.807) is 4.90 Å². The van der Waals surface area contributed by atoms with Crippen molar-refractivity contribution in [3.8, 4) is 0 Å². The molecular formula is C16H25FN2O2. The second kappa shape index (κ2) is 8.74. The second-order valence-corrected chi connectivity index (χ2v) is 5.65. The number of hydrogen-bond donors (Lipinski definition) is 2. The summed E-state index contributed by atoms with van der Waals surface area (Å²) in [7, 11) is 0. The van der Waals surface area contributed by atoms with Crippen LogP contribution in [0.2, 0.25) is 0 Å². The Morgan fingerprint density at radius 2 is 1.90 bits per heavy atom. The molecule has 1 atom stereocenters. The van der Waals surface area contributed by atoms with E-state index in [1.165, 1.54) is 24.3 Å². The number of amides is 1. The van der Waals surface area contributed by atoms with Gasteiger partial charge in [0.1, 0.15) is 5.82 Å². The Labute approximate surface area is 125 Å². The number of aliphatic hydroxyl groups excluding tert-OH is 1. The van der Waals surface area contributed by atoms with Crippen LogP contribution in [0.25, 0.3) is 0 Å². The fraction of sp³-hybridized carbons (Fsp3) is 0.562. The van der Waals surface area contributed by atoms with Gasteiger partial charge in [-0.3, -0.25) is 4.79 Å². The van der Waals surface area contributed by atoms with Crippen molar-refractivity contribution in [3.05, 3.63) is 35.6 Å². The first-order chi connectivity index (χ1) is 9.93. The fourth-order valence-electron chi connectivity index (χ4n) is 2.13. The summed E-state index contributed by atoms with van der Waals surface area (Å²) in [6.45, 7) is 5.32.